The Balaban J connectivity index is 1.55. The van der Waals surface area contributed by atoms with Gasteiger partial charge in [0.2, 0.25) is 11.8 Å². The second-order valence-corrected chi connectivity index (χ2v) is 9.52. The molecule has 0 saturated carbocycles. The molecule has 9 nitrogen and oxygen atoms in total. The van der Waals surface area contributed by atoms with Gasteiger partial charge in [-0.2, -0.15) is 0 Å². The summed E-state index contributed by atoms with van der Waals surface area (Å²) in [5, 5.41) is 14.7. The molecule has 0 aliphatic carbocycles. The SMILES string of the molecule is C=CCn1c(CNC(=O)/C=C/c2ccc(OC)c(OC)c2)nnc1SCC(=O)Nc1ccc(C(C)C)cc1. The van der Waals surface area contributed by atoms with Gasteiger partial charge in [0, 0.05) is 18.3 Å². The number of carbonyl (C=O) groups excluding carboxylic acids is 2. The molecule has 10 heteroatoms. The smallest absolute Gasteiger partial charge is 0.244 e. The number of thioether (sulfide) groups is 1. The Labute approximate surface area is 227 Å². The summed E-state index contributed by atoms with van der Waals surface area (Å²) in [4.78, 5) is 24.9. The molecule has 0 spiro atoms. The van der Waals surface area contributed by atoms with Crippen LogP contribution in [-0.2, 0) is 22.7 Å². The minimum atomic E-state index is -0.287. The van der Waals surface area contributed by atoms with Crippen molar-refractivity contribution in [2.45, 2.75) is 38.0 Å². The van der Waals surface area contributed by atoms with Crippen LogP contribution in [-0.4, -0.2) is 46.6 Å². The molecule has 2 amide bonds. The molecule has 2 N–H and O–H groups in total. The van der Waals surface area contributed by atoms with Crippen LogP contribution >= 0.6 is 11.8 Å². The highest BCUT2D eigenvalue weighted by atomic mass is 32.2. The normalized spacial score (nSPS) is 11.0. The number of nitrogens with zero attached hydrogens (tertiary/aromatic N) is 3. The van der Waals surface area contributed by atoms with Crippen molar-refractivity contribution in [1.82, 2.24) is 20.1 Å². The molecule has 0 bridgehead atoms. The zero-order chi connectivity index (χ0) is 27.5. The lowest BCUT2D eigenvalue weighted by Crippen LogP contribution is -2.23. The quantitative estimate of drug-likeness (QED) is 0.186. The molecule has 38 heavy (non-hydrogen) atoms. The fourth-order valence-electron chi connectivity index (χ4n) is 3.50. The van der Waals surface area contributed by atoms with Crippen molar-refractivity contribution in [3.8, 4) is 11.5 Å². The standard InChI is InChI=1S/C28H33N5O4S/c1-6-15-33-25(17-29-26(34)14-8-20-7-13-23(36-4)24(16-20)37-5)31-32-28(33)38-18-27(35)30-22-11-9-21(10-12-22)19(2)3/h6-14,16,19H,1,15,17-18H2,2-5H3,(H,29,34)(H,30,35)/b14-8+. The van der Waals surface area contributed by atoms with Gasteiger partial charge in [0.15, 0.2) is 22.5 Å². The van der Waals surface area contributed by atoms with Crippen LogP contribution in [0.1, 0.15) is 36.7 Å². The van der Waals surface area contributed by atoms with Crippen LogP contribution in [0.2, 0.25) is 0 Å². The average molecular weight is 536 g/mol. The number of allylic oxidation sites excluding steroid dienone is 1. The fraction of sp³-hybridized carbons (Fsp3) is 0.286. The molecule has 3 aromatic rings. The third-order valence-corrected chi connectivity index (χ3v) is 6.52. The summed E-state index contributed by atoms with van der Waals surface area (Å²) < 4.78 is 12.3. The first kappa shape index (κ1) is 28.5. The average Bonchev–Trinajstić information content (AvgIpc) is 3.31. The molecule has 3 rings (SSSR count). The number of rotatable bonds is 13. The van der Waals surface area contributed by atoms with Crippen molar-refractivity contribution in [1.29, 1.82) is 0 Å². The maximum absolute atomic E-state index is 12.5. The molecule has 0 saturated heterocycles. The molecule has 0 radical (unpaired) electrons. The van der Waals surface area contributed by atoms with Gasteiger partial charge < -0.3 is 24.7 Å². The van der Waals surface area contributed by atoms with E-state index >= 15 is 0 Å². The Morgan fingerprint density at radius 1 is 1.08 bits per heavy atom. The number of amides is 2. The van der Waals surface area contributed by atoms with Crippen molar-refractivity contribution >= 4 is 35.3 Å². The third kappa shape index (κ3) is 7.97. The maximum Gasteiger partial charge on any atom is 0.244 e. The Bertz CT molecular complexity index is 1280. The molecule has 1 heterocycles. The fourth-order valence-corrected chi connectivity index (χ4v) is 4.27. The molecule has 1 aromatic heterocycles. The third-order valence-electron chi connectivity index (χ3n) is 5.55. The van der Waals surface area contributed by atoms with Gasteiger partial charge in [-0.3, -0.25) is 9.59 Å². The van der Waals surface area contributed by atoms with Crippen molar-refractivity contribution in [2.75, 3.05) is 25.3 Å². The van der Waals surface area contributed by atoms with E-state index in [0.29, 0.717) is 34.9 Å². The molecule has 200 valence electrons. The number of carbonyl (C=O) groups is 2. The van der Waals surface area contributed by atoms with Crippen LogP contribution in [0.5, 0.6) is 11.5 Å². The summed E-state index contributed by atoms with van der Waals surface area (Å²) in [5.41, 5.74) is 2.75. The van der Waals surface area contributed by atoms with E-state index in [-0.39, 0.29) is 24.1 Å². The molecular formula is C28H33N5O4S. The van der Waals surface area contributed by atoms with E-state index in [1.807, 2.05) is 34.9 Å². The lowest BCUT2D eigenvalue weighted by atomic mass is 10.0. The van der Waals surface area contributed by atoms with Gasteiger partial charge >= 0.3 is 0 Å². The predicted molar refractivity (Wildman–Crippen MR) is 151 cm³/mol. The van der Waals surface area contributed by atoms with Crippen LogP contribution in [0.15, 0.2) is 66.4 Å². The highest BCUT2D eigenvalue weighted by Crippen LogP contribution is 2.28. The summed E-state index contributed by atoms with van der Waals surface area (Å²) in [6.45, 7) is 8.66. The van der Waals surface area contributed by atoms with Crippen LogP contribution < -0.4 is 20.1 Å². The Morgan fingerprint density at radius 2 is 1.82 bits per heavy atom. The van der Waals surface area contributed by atoms with Gasteiger partial charge in [-0.25, -0.2) is 0 Å². The van der Waals surface area contributed by atoms with Crippen molar-refractivity contribution in [3.05, 3.63) is 78.1 Å². The van der Waals surface area contributed by atoms with Crippen molar-refractivity contribution in [2.24, 2.45) is 0 Å². The van der Waals surface area contributed by atoms with Gasteiger partial charge in [0.1, 0.15) is 0 Å². The predicted octanol–water partition coefficient (Wildman–Crippen LogP) is 4.67. The van der Waals surface area contributed by atoms with E-state index in [1.54, 1.807) is 38.5 Å². The first-order chi connectivity index (χ1) is 18.3. The van der Waals surface area contributed by atoms with E-state index in [2.05, 4.69) is 41.3 Å². The number of aromatic nitrogens is 3. The molecule has 0 atom stereocenters. The molecule has 2 aromatic carbocycles. The number of methoxy groups -OCH3 is 2. The minimum Gasteiger partial charge on any atom is -0.493 e. The van der Waals surface area contributed by atoms with Gasteiger partial charge in [0.25, 0.3) is 0 Å². The zero-order valence-electron chi connectivity index (χ0n) is 22.1. The lowest BCUT2D eigenvalue weighted by molar-refractivity contribution is -0.116. The minimum absolute atomic E-state index is 0.143. The van der Waals surface area contributed by atoms with Gasteiger partial charge in [0.05, 0.1) is 26.5 Å². The Morgan fingerprint density at radius 3 is 2.47 bits per heavy atom. The second kappa shape index (κ2) is 14.0. The van der Waals surface area contributed by atoms with Crippen LogP contribution in [0.3, 0.4) is 0 Å². The lowest BCUT2D eigenvalue weighted by Gasteiger charge is -2.09. The number of hydrogen-bond donors (Lipinski definition) is 2. The van der Waals surface area contributed by atoms with E-state index in [0.717, 1.165) is 11.3 Å². The first-order valence-electron chi connectivity index (χ1n) is 12.1. The van der Waals surface area contributed by atoms with Crippen molar-refractivity contribution in [3.63, 3.8) is 0 Å². The van der Waals surface area contributed by atoms with Crippen LogP contribution in [0.4, 0.5) is 5.69 Å². The highest BCUT2D eigenvalue weighted by molar-refractivity contribution is 7.99. The maximum atomic E-state index is 12.5. The summed E-state index contributed by atoms with van der Waals surface area (Å²) in [7, 11) is 3.12. The first-order valence-corrected chi connectivity index (χ1v) is 13.1. The summed E-state index contributed by atoms with van der Waals surface area (Å²) in [6.07, 6.45) is 4.83. The number of benzene rings is 2. The molecule has 0 aliphatic rings. The van der Waals surface area contributed by atoms with E-state index < -0.39 is 0 Å². The van der Waals surface area contributed by atoms with E-state index in [1.165, 1.54) is 23.4 Å². The second-order valence-electron chi connectivity index (χ2n) is 8.58. The van der Waals surface area contributed by atoms with Gasteiger partial charge in [-0.15, -0.1) is 16.8 Å². The number of nitrogens with one attached hydrogen (secondary N) is 2. The molecule has 0 aliphatic heterocycles. The number of ether oxygens (including phenoxy) is 2. The van der Waals surface area contributed by atoms with E-state index in [9.17, 15) is 9.59 Å². The number of hydrogen-bond acceptors (Lipinski definition) is 7. The number of anilines is 1. The van der Waals surface area contributed by atoms with Crippen LogP contribution in [0, 0.1) is 0 Å². The summed E-state index contributed by atoms with van der Waals surface area (Å²) >= 11 is 1.27. The monoisotopic (exact) mass is 535 g/mol. The topological polar surface area (TPSA) is 107 Å². The summed E-state index contributed by atoms with van der Waals surface area (Å²) in [5.74, 6) is 1.92. The van der Waals surface area contributed by atoms with Gasteiger partial charge in [-0.1, -0.05) is 49.9 Å². The van der Waals surface area contributed by atoms with Crippen molar-refractivity contribution < 1.29 is 19.1 Å². The molecule has 0 unspecified atom stereocenters. The molecular weight excluding hydrogens is 502 g/mol. The Hall–Kier alpha value is -4.05. The van der Waals surface area contributed by atoms with Crippen LogP contribution in [0.25, 0.3) is 6.08 Å². The summed E-state index contributed by atoms with van der Waals surface area (Å²) in [6, 6.07) is 13.2. The highest BCUT2D eigenvalue weighted by Gasteiger charge is 2.14. The molecule has 0 fully saturated rings. The zero-order valence-corrected chi connectivity index (χ0v) is 22.9. The van der Waals surface area contributed by atoms with E-state index in [4.69, 9.17) is 9.47 Å². The Kier molecular flexibility index (Phi) is 10.5. The van der Waals surface area contributed by atoms with Gasteiger partial charge in [-0.05, 0) is 47.4 Å². The largest absolute Gasteiger partial charge is 0.493 e.